The molecule has 0 aromatic rings. The number of alkyl halides is 6. The van der Waals surface area contributed by atoms with Gasteiger partial charge in [0.2, 0.25) is 5.54 Å². The first-order chi connectivity index (χ1) is 7.45. The molecule has 0 atom stereocenters. The number of alkyl carbamates (subject to hydrolysis) is 1. The molecule has 102 valence electrons. The molecule has 0 aliphatic heterocycles. The fourth-order valence-corrected chi connectivity index (χ4v) is 0.737. The molecule has 0 saturated carbocycles. The summed E-state index contributed by atoms with van der Waals surface area (Å²) in [5.74, 6) is 0. The van der Waals surface area contributed by atoms with Crippen LogP contribution in [0.5, 0.6) is 0 Å². The van der Waals surface area contributed by atoms with E-state index in [1.807, 2.05) is 0 Å². The molecule has 0 saturated heterocycles. The van der Waals surface area contributed by atoms with Crippen molar-refractivity contribution in [2.24, 2.45) is 0 Å². The summed E-state index contributed by atoms with van der Waals surface area (Å²) in [6.07, 6.45) is -12.8. The lowest BCUT2D eigenvalue weighted by molar-refractivity contribution is -0.298. The van der Waals surface area contributed by atoms with Gasteiger partial charge >= 0.3 is 18.4 Å². The van der Waals surface area contributed by atoms with Gasteiger partial charge in [-0.05, 0) is 13.3 Å². The van der Waals surface area contributed by atoms with Crippen LogP contribution in [0.3, 0.4) is 0 Å². The first kappa shape index (κ1) is 15.9. The SMILES string of the molecule is CCCOC(=O)NC(C)(C(F)(F)F)C(F)(F)F. The van der Waals surface area contributed by atoms with Gasteiger partial charge in [-0.1, -0.05) is 6.92 Å². The molecular formula is C8H11F6NO2. The molecule has 0 aromatic carbocycles. The lowest BCUT2D eigenvalue weighted by Crippen LogP contribution is -2.65. The summed E-state index contributed by atoms with van der Waals surface area (Å²) in [5, 5.41) is 0.797. The van der Waals surface area contributed by atoms with Gasteiger partial charge in [-0.15, -0.1) is 0 Å². The second kappa shape index (κ2) is 5.01. The van der Waals surface area contributed by atoms with E-state index in [1.54, 1.807) is 6.92 Å². The van der Waals surface area contributed by atoms with Gasteiger partial charge in [0.25, 0.3) is 0 Å². The Kier molecular flexibility index (Phi) is 4.67. The smallest absolute Gasteiger partial charge is 0.420 e. The predicted molar refractivity (Wildman–Crippen MR) is 45.3 cm³/mol. The molecule has 0 fully saturated rings. The molecule has 17 heavy (non-hydrogen) atoms. The number of rotatable bonds is 3. The van der Waals surface area contributed by atoms with Crippen LogP contribution in [0.1, 0.15) is 20.3 Å². The Morgan fingerprint density at radius 3 is 1.82 bits per heavy atom. The van der Waals surface area contributed by atoms with E-state index in [0.29, 0.717) is 0 Å². The van der Waals surface area contributed by atoms with Gasteiger partial charge < -0.3 is 4.74 Å². The molecule has 9 heteroatoms. The zero-order valence-corrected chi connectivity index (χ0v) is 9.00. The number of carbonyl (C=O) groups is 1. The van der Waals surface area contributed by atoms with Crippen LogP contribution in [-0.4, -0.2) is 30.6 Å². The number of halogens is 6. The Hall–Kier alpha value is -1.15. The minimum absolute atomic E-state index is 0.166. The molecule has 0 spiro atoms. The highest BCUT2D eigenvalue weighted by molar-refractivity contribution is 5.68. The molecule has 1 N–H and O–H groups in total. The first-order valence-electron chi connectivity index (χ1n) is 4.54. The Balaban J connectivity index is 4.93. The van der Waals surface area contributed by atoms with Crippen molar-refractivity contribution in [2.45, 2.75) is 38.2 Å². The van der Waals surface area contributed by atoms with E-state index in [1.165, 1.54) is 0 Å². The summed E-state index contributed by atoms with van der Waals surface area (Å²) in [4.78, 5) is 10.8. The Morgan fingerprint density at radius 2 is 1.53 bits per heavy atom. The predicted octanol–water partition coefficient (Wildman–Crippen LogP) is 3.01. The highest BCUT2D eigenvalue weighted by atomic mass is 19.4. The molecule has 0 aromatic heterocycles. The maximum atomic E-state index is 12.3. The monoisotopic (exact) mass is 267 g/mol. The zero-order valence-electron chi connectivity index (χ0n) is 9.00. The molecular weight excluding hydrogens is 256 g/mol. The zero-order chi connectivity index (χ0) is 13.9. The van der Waals surface area contributed by atoms with Crippen molar-refractivity contribution in [3.63, 3.8) is 0 Å². The third-order valence-corrected chi connectivity index (χ3v) is 1.92. The minimum Gasteiger partial charge on any atom is -0.450 e. The van der Waals surface area contributed by atoms with E-state index in [2.05, 4.69) is 4.74 Å². The summed E-state index contributed by atoms with van der Waals surface area (Å²) < 4.78 is 77.9. The summed E-state index contributed by atoms with van der Waals surface area (Å²) in [7, 11) is 0. The van der Waals surface area contributed by atoms with E-state index >= 15 is 0 Å². The Bertz CT molecular complexity index is 258. The fraction of sp³-hybridized carbons (Fsp3) is 0.875. The fourth-order valence-electron chi connectivity index (χ4n) is 0.737. The number of amides is 1. The quantitative estimate of drug-likeness (QED) is 0.798. The summed E-state index contributed by atoms with van der Waals surface area (Å²) >= 11 is 0. The van der Waals surface area contributed by atoms with Crippen LogP contribution >= 0.6 is 0 Å². The maximum absolute atomic E-state index is 12.3. The van der Waals surface area contributed by atoms with Gasteiger partial charge in [0.15, 0.2) is 0 Å². The number of ether oxygens (including phenoxy) is 1. The summed E-state index contributed by atoms with van der Waals surface area (Å²) in [6, 6.07) is 0. The van der Waals surface area contributed by atoms with Crippen LogP contribution in [0.15, 0.2) is 0 Å². The summed E-state index contributed by atoms with van der Waals surface area (Å²) in [5.41, 5.74) is -4.33. The highest BCUT2D eigenvalue weighted by Crippen LogP contribution is 2.42. The third-order valence-electron chi connectivity index (χ3n) is 1.92. The van der Waals surface area contributed by atoms with Crippen LogP contribution in [0.25, 0.3) is 0 Å². The van der Waals surface area contributed by atoms with Crippen molar-refractivity contribution in [3.05, 3.63) is 0 Å². The van der Waals surface area contributed by atoms with Crippen LogP contribution in [0.2, 0.25) is 0 Å². The van der Waals surface area contributed by atoms with Gasteiger partial charge in [-0.3, -0.25) is 5.32 Å². The molecule has 1 amide bonds. The van der Waals surface area contributed by atoms with Gasteiger partial charge in [0, 0.05) is 0 Å². The third kappa shape index (κ3) is 3.67. The molecule has 3 nitrogen and oxygen atoms in total. The van der Waals surface area contributed by atoms with Crippen LogP contribution in [0.4, 0.5) is 31.1 Å². The van der Waals surface area contributed by atoms with Gasteiger partial charge in [0.1, 0.15) is 0 Å². The summed E-state index contributed by atoms with van der Waals surface area (Å²) in [6.45, 7) is 1.11. The highest BCUT2D eigenvalue weighted by Gasteiger charge is 2.68. The van der Waals surface area contributed by atoms with Crippen LogP contribution in [0, 0.1) is 0 Å². The van der Waals surface area contributed by atoms with Crippen LogP contribution in [-0.2, 0) is 4.74 Å². The van der Waals surface area contributed by atoms with Crippen LogP contribution < -0.4 is 5.32 Å². The van der Waals surface area contributed by atoms with Crippen molar-refractivity contribution >= 4 is 6.09 Å². The van der Waals surface area contributed by atoms with E-state index in [-0.39, 0.29) is 20.0 Å². The largest absolute Gasteiger partial charge is 0.450 e. The minimum atomic E-state index is -5.67. The van der Waals surface area contributed by atoms with Crippen molar-refractivity contribution in [3.8, 4) is 0 Å². The topological polar surface area (TPSA) is 38.3 Å². The van der Waals surface area contributed by atoms with Crippen molar-refractivity contribution in [1.29, 1.82) is 0 Å². The van der Waals surface area contributed by atoms with Gasteiger partial charge in [0.05, 0.1) is 6.61 Å². The molecule has 0 radical (unpaired) electrons. The van der Waals surface area contributed by atoms with Gasteiger partial charge in [-0.2, -0.15) is 26.3 Å². The second-order valence-corrected chi connectivity index (χ2v) is 3.38. The Labute approximate surface area is 93.1 Å². The molecule has 0 aliphatic carbocycles. The molecule has 0 heterocycles. The van der Waals surface area contributed by atoms with E-state index in [4.69, 9.17) is 0 Å². The lowest BCUT2D eigenvalue weighted by Gasteiger charge is -2.33. The van der Waals surface area contributed by atoms with Crippen molar-refractivity contribution in [1.82, 2.24) is 5.32 Å². The van der Waals surface area contributed by atoms with E-state index in [9.17, 15) is 31.1 Å². The lowest BCUT2D eigenvalue weighted by atomic mass is 10.0. The molecule has 0 aliphatic rings. The Morgan fingerprint density at radius 1 is 1.12 bits per heavy atom. The standard InChI is InChI=1S/C8H11F6NO2/c1-3-4-17-5(16)15-6(2,7(9,10)11)8(12,13)14/h3-4H2,1-2H3,(H,15,16). The van der Waals surface area contributed by atoms with Crippen molar-refractivity contribution in [2.75, 3.05) is 6.61 Å². The molecule has 0 rings (SSSR count). The first-order valence-corrected chi connectivity index (χ1v) is 4.54. The normalized spacial score (nSPS) is 13.4. The average molecular weight is 267 g/mol. The molecule has 0 unspecified atom stereocenters. The number of nitrogens with one attached hydrogen (secondary N) is 1. The second-order valence-electron chi connectivity index (χ2n) is 3.38. The van der Waals surface area contributed by atoms with E-state index in [0.717, 1.165) is 5.32 Å². The number of hydrogen-bond acceptors (Lipinski definition) is 2. The van der Waals surface area contributed by atoms with Gasteiger partial charge in [-0.25, -0.2) is 4.79 Å². The van der Waals surface area contributed by atoms with Crippen molar-refractivity contribution < 1.29 is 35.9 Å². The average Bonchev–Trinajstić information content (AvgIpc) is 2.10. The maximum Gasteiger partial charge on any atom is 0.420 e. The molecule has 0 bridgehead atoms. The number of hydrogen-bond donors (Lipinski definition) is 1. The number of carbonyl (C=O) groups excluding carboxylic acids is 1. The van der Waals surface area contributed by atoms with E-state index < -0.39 is 24.0 Å².